The summed E-state index contributed by atoms with van der Waals surface area (Å²) >= 11 is 0. The average molecular weight is 344 g/mol. The summed E-state index contributed by atoms with van der Waals surface area (Å²) in [5.74, 6) is 0.249. The highest BCUT2D eigenvalue weighted by Crippen LogP contribution is 2.18. The average Bonchev–Trinajstić information content (AvgIpc) is 2.88. The van der Waals surface area contributed by atoms with E-state index in [4.69, 9.17) is 4.74 Å². The molecule has 0 spiro atoms. The van der Waals surface area contributed by atoms with E-state index in [2.05, 4.69) is 29.8 Å². The SMILES string of the molecule is Cc1cc(C)n(CC(=O)NNC(=O)COc2ccc(C(C)C)cc2)n1. The van der Waals surface area contributed by atoms with Gasteiger partial charge < -0.3 is 4.74 Å². The standard InChI is InChI=1S/C18H24N4O3/c1-12(2)15-5-7-16(8-6-15)25-11-18(24)20-19-17(23)10-22-14(4)9-13(3)21-22/h5-9,12H,10-11H2,1-4H3,(H,19,23)(H,20,24). The molecule has 134 valence electrons. The number of carbonyl (C=O) groups excluding carboxylic acids is 2. The summed E-state index contributed by atoms with van der Waals surface area (Å²) in [5.41, 5.74) is 7.60. The van der Waals surface area contributed by atoms with Crippen molar-refractivity contribution in [2.24, 2.45) is 0 Å². The molecule has 7 nitrogen and oxygen atoms in total. The number of rotatable bonds is 6. The van der Waals surface area contributed by atoms with Crippen molar-refractivity contribution in [2.45, 2.75) is 40.2 Å². The normalized spacial score (nSPS) is 10.6. The fourth-order valence-corrected chi connectivity index (χ4v) is 2.28. The minimum absolute atomic E-state index is 0.0392. The molecule has 0 unspecified atom stereocenters. The van der Waals surface area contributed by atoms with Crippen molar-refractivity contribution in [1.82, 2.24) is 20.6 Å². The molecule has 2 rings (SSSR count). The molecule has 25 heavy (non-hydrogen) atoms. The number of benzene rings is 1. The summed E-state index contributed by atoms with van der Waals surface area (Å²) in [6, 6.07) is 9.46. The quantitative estimate of drug-likeness (QED) is 0.783. The van der Waals surface area contributed by atoms with Gasteiger partial charge in [0.1, 0.15) is 12.3 Å². The van der Waals surface area contributed by atoms with E-state index < -0.39 is 5.91 Å². The number of hydrogen-bond acceptors (Lipinski definition) is 4. The number of nitrogens with zero attached hydrogens (tertiary/aromatic N) is 2. The topological polar surface area (TPSA) is 85.2 Å². The zero-order valence-corrected chi connectivity index (χ0v) is 15.0. The van der Waals surface area contributed by atoms with Crippen LogP contribution in [0.25, 0.3) is 0 Å². The van der Waals surface area contributed by atoms with Crippen molar-refractivity contribution in [2.75, 3.05) is 6.61 Å². The van der Waals surface area contributed by atoms with Crippen LogP contribution in [0.4, 0.5) is 0 Å². The van der Waals surface area contributed by atoms with Gasteiger partial charge in [0.25, 0.3) is 11.8 Å². The highest BCUT2D eigenvalue weighted by molar-refractivity contribution is 5.82. The molecule has 0 aliphatic carbocycles. The third kappa shape index (κ3) is 5.63. The second-order valence-electron chi connectivity index (χ2n) is 6.19. The second kappa shape index (κ2) is 8.32. The molecule has 0 radical (unpaired) electrons. The molecule has 2 aromatic rings. The molecule has 0 saturated carbocycles. The summed E-state index contributed by atoms with van der Waals surface area (Å²) < 4.78 is 6.97. The summed E-state index contributed by atoms with van der Waals surface area (Å²) in [4.78, 5) is 23.6. The zero-order valence-electron chi connectivity index (χ0n) is 15.0. The summed E-state index contributed by atoms with van der Waals surface area (Å²) in [5, 5.41) is 4.19. The predicted molar refractivity (Wildman–Crippen MR) is 94.0 cm³/mol. The minimum atomic E-state index is -0.436. The number of carbonyl (C=O) groups is 2. The van der Waals surface area contributed by atoms with E-state index in [1.165, 1.54) is 5.56 Å². The predicted octanol–water partition coefficient (Wildman–Crippen LogP) is 1.85. The van der Waals surface area contributed by atoms with Crippen LogP contribution in [0.1, 0.15) is 36.7 Å². The Balaban J connectivity index is 1.73. The van der Waals surface area contributed by atoms with Crippen LogP contribution in [0.2, 0.25) is 0 Å². The number of aromatic nitrogens is 2. The molecule has 0 fully saturated rings. The van der Waals surface area contributed by atoms with Crippen molar-refractivity contribution in [1.29, 1.82) is 0 Å². The Morgan fingerprint density at radius 1 is 1.12 bits per heavy atom. The van der Waals surface area contributed by atoms with E-state index in [1.807, 2.05) is 44.2 Å². The molecule has 0 atom stereocenters. The van der Waals surface area contributed by atoms with Crippen molar-refractivity contribution in [3.63, 3.8) is 0 Å². The van der Waals surface area contributed by atoms with E-state index >= 15 is 0 Å². The van der Waals surface area contributed by atoms with Crippen molar-refractivity contribution in [3.05, 3.63) is 47.3 Å². The monoisotopic (exact) mass is 344 g/mol. The fraction of sp³-hybridized carbons (Fsp3) is 0.389. The van der Waals surface area contributed by atoms with E-state index in [0.29, 0.717) is 11.7 Å². The molecule has 1 aromatic heterocycles. The summed E-state index contributed by atoms with van der Waals surface area (Å²) in [7, 11) is 0. The first kappa shape index (κ1) is 18.5. The highest BCUT2D eigenvalue weighted by Gasteiger charge is 2.09. The molecule has 0 bridgehead atoms. The van der Waals surface area contributed by atoms with E-state index in [0.717, 1.165) is 11.4 Å². The molecular weight excluding hydrogens is 320 g/mol. The summed E-state index contributed by atoms with van der Waals surface area (Å²) in [6.45, 7) is 7.80. The van der Waals surface area contributed by atoms with Crippen LogP contribution < -0.4 is 15.6 Å². The van der Waals surface area contributed by atoms with Crippen LogP contribution >= 0.6 is 0 Å². The first-order chi connectivity index (χ1) is 11.8. The lowest BCUT2D eigenvalue weighted by Gasteiger charge is -2.10. The van der Waals surface area contributed by atoms with Gasteiger partial charge in [-0.05, 0) is 43.5 Å². The number of nitrogens with one attached hydrogen (secondary N) is 2. The van der Waals surface area contributed by atoms with Crippen molar-refractivity contribution >= 4 is 11.8 Å². The molecule has 1 heterocycles. The van der Waals surface area contributed by atoms with Gasteiger partial charge >= 0.3 is 0 Å². The Morgan fingerprint density at radius 3 is 2.32 bits per heavy atom. The van der Waals surface area contributed by atoms with Gasteiger partial charge in [-0.25, -0.2) is 0 Å². The number of ether oxygens (including phenoxy) is 1. The van der Waals surface area contributed by atoms with Gasteiger partial charge in [0, 0.05) is 5.69 Å². The Morgan fingerprint density at radius 2 is 1.76 bits per heavy atom. The molecule has 1 aromatic carbocycles. The molecule has 0 aliphatic rings. The van der Waals surface area contributed by atoms with Gasteiger partial charge in [-0.1, -0.05) is 26.0 Å². The maximum Gasteiger partial charge on any atom is 0.276 e. The molecule has 0 aliphatic heterocycles. The van der Waals surface area contributed by atoms with Gasteiger partial charge in [0.15, 0.2) is 6.61 Å². The van der Waals surface area contributed by atoms with Crippen LogP contribution in [0.3, 0.4) is 0 Å². The summed E-state index contributed by atoms with van der Waals surface area (Å²) in [6.07, 6.45) is 0. The molecular formula is C18H24N4O3. The van der Waals surface area contributed by atoms with Crippen LogP contribution in [-0.4, -0.2) is 28.2 Å². The Hall–Kier alpha value is -2.83. The third-order valence-electron chi connectivity index (χ3n) is 3.65. The zero-order chi connectivity index (χ0) is 18.4. The molecule has 2 N–H and O–H groups in total. The van der Waals surface area contributed by atoms with Gasteiger partial charge in [-0.3, -0.25) is 25.1 Å². The van der Waals surface area contributed by atoms with E-state index in [-0.39, 0.29) is 19.1 Å². The van der Waals surface area contributed by atoms with Crippen LogP contribution in [0.5, 0.6) is 5.75 Å². The second-order valence-corrected chi connectivity index (χ2v) is 6.19. The van der Waals surface area contributed by atoms with E-state index in [9.17, 15) is 9.59 Å². The van der Waals surface area contributed by atoms with Gasteiger partial charge in [0.2, 0.25) is 0 Å². The lowest BCUT2D eigenvalue weighted by Crippen LogP contribution is -2.45. The van der Waals surface area contributed by atoms with Crippen LogP contribution in [0.15, 0.2) is 30.3 Å². The highest BCUT2D eigenvalue weighted by atomic mass is 16.5. The number of hydrazine groups is 1. The first-order valence-corrected chi connectivity index (χ1v) is 8.16. The molecule has 2 amide bonds. The maximum atomic E-state index is 11.8. The Labute approximate surface area is 147 Å². The van der Waals surface area contributed by atoms with Gasteiger partial charge in [0.05, 0.1) is 5.69 Å². The van der Waals surface area contributed by atoms with Gasteiger partial charge in [-0.15, -0.1) is 0 Å². The molecule has 0 saturated heterocycles. The lowest BCUT2D eigenvalue weighted by atomic mass is 10.0. The number of amides is 2. The Bertz CT molecular complexity index is 735. The number of hydrogen-bond donors (Lipinski definition) is 2. The van der Waals surface area contributed by atoms with E-state index in [1.54, 1.807) is 4.68 Å². The minimum Gasteiger partial charge on any atom is -0.484 e. The third-order valence-corrected chi connectivity index (χ3v) is 3.65. The Kier molecular flexibility index (Phi) is 6.16. The van der Waals surface area contributed by atoms with Crippen LogP contribution in [0, 0.1) is 13.8 Å². The smallest absolute Gasteiger partial charge is 0.276 e. The van der Waals surface area contributed by atoms with Gasteiger partial charge in [-0.2, -0.15) is 5.10 Å². The largest absolute Gasteiger partial charge is 0.484 e. The lowest BCUT2D eigenvalue weighted by molar-refractivity contribution is -0.130. The number of aryl methyl sites for hydroxylation is 2. The maximum absolute atomic E-state index is 11.8. The van der Waals surface area contributed by atoms with Crippen molar-refractivity contribution < 1.29 is 14.3 Å². The molecule has 7 heteroatoms. The van der Waals surface area contributed by atoms with Crippen molar-refractivity contribution in [3.8, 4) is 5.75 Å². The van der Waals surface area contributed by atoms with Crippen LogP contribution in [-0.2, 0) is 16.1 Å². The fourth-order valence-electron chi connectivity index (χ4n) is 2.28. The first-order valence-electron chi connectivity index (χ1n) is 8.16.